The molecular formula is C14H13Cl2N3O2S. The number of carboxylic acid groups (broad SMARTS) is 1. The zero-order chi connectivity index (χ0) is 15.7. The molecule has 1 aliphatic heterocycles. The fourth-order valence-electron chi connectivity index (χ4n) is 2.32. The van der Waals surface area contributed by atoms with Crippen molar-refractivity contribution in [3.63, 3.8) is 0 Å². The third kappa shape index (κ3) is 3.14. The van der Waals surface area contributed by atoms with Crippen LogP contribution >= 0.6 is 34.5 Å². The molecule has 2 heterocycles. The molecule has 0 aliphatic carbocycles. The predicted molar refractivity (Wildman–Crippen MR) is 89.4 cm³/mol. The Kier molecular flexibility index (Phi) is 4.42. The summed E-state index contributed by atoms with van der Waals surface area (Å²) in [5, 5.41) is 13.0. The van der Waals surface area contributed by atoms with Gasteiger partial charge >= 0.3 is 6.09 Å². The Morgan fingerprint density at radius 1 is 1.23 bits per heavy atom. The van der Waals surface area contributed by atoms with Crippen molar-refractivity contribution in [2.45, 2.75) is 0 Å². The van der Waals surface area contributed by atoms with Crippen molar-refractivity contribution in [1.82, 2.24) is 9.88 Å². The van der Waals surface area contributed by atoms with Crippen molar-refractivity contribution in [3.05, 3.63) is 33.6 Å². The Balaban J connectivity index is 1.76. The standard InChI is InChI=1S/C14H13Cl2N3O2S/c15-9-1-2-10(11(16)7-9)12-8-22-13(17-12)18-3-5-19(6-4-18)14(20)21/h1-2,7-8H,3-6H2,(H,20,21). The molecule has 0 spiro atoms. The number of halogens is 2. The van der Waals surface area contributed by atoms with E-state index >= 15 is 0 Å². The van der Waals surface area contributed by atoms with Crippen LogP contribution in [0.1, 0.15) is 0 Å². The number of carbonyl (C=O) groups is 1. The molecule has 116 valence electrons. The second-order valence-corrected chi connectivity index (χ2v) is 6.58. The largest absolute Gasteiger partial charge is 0.465 e. The SMILES string of the molecule is O=C(O)N1CCN(c2nc(-c3ccc(Cl)cc3Cl)cs2)CC1. The van der Waals surface area contributed by atoms with Gasteiger partial charge in [-0.3, -0.25) is 0 Å². The van der Waals surface area contributed by atoms with Gasteiger partial charge in [-0.15, -0.1) is 11.3 Å². The van der Waals surface area contributed by atoms with Gasteiger partial charge in [-0.05, 0) is 18.2 Å². The van der Waals surface area contributed by atoms with Crippen LogP contribution in [0.4, 0.5) is 9.93 Å². The number of amides is 1. The summed E-state index contributed by atoms with van der Waals surface area (Å²) >= 11 is 13.6. The molecule has 1 aromatic carbocycles. The van der Waals surface area contributed by atoms with Crippen LogP contribution in [0.15, 0.2) is 23.6 Å². The average Bonchev–Trinajstić information content (AvgIpc) is 2.97. The van der Waals surface area contributed by atoms with Crippen LogP contribution in [0.5, 0.6) is 0 Å². The van der Waals surface area contributed by atoms with Crippen LogP contribution in [0.25, 0.3) is 11.3 Å². The molecule has 8 heteroatoms. The highest BCUT2D eigenvalue weighted by Gasteiger charge is 2.22. The molecule has 1 aliphatic rings. The Morgan fingerprint density at radius 3 is 2.59 bits per heavy atom. The molecule has 1 aromatic heterocycles. The lowest BCUT2D eigenvalue weighted by Gasteiger charge is -2.32. The van der Waals surface area contributed by atoms with Crippen LogP contribution in [-0.4, -0.2) is 47.3 Å². The number of nitrogens with zero attached hydrogens (tertiary/aromatic N) is 3. The molecule has 1 N–H and O–H groups in total. The summed E-state index contributed by atoms with van der Waals surface area (Å²) in [5.41, 5.74) is 1.65. The summed E-state index contributed by atoms with van der Waals surface area (Å²) in [6, 6.07) is 5.34. The molecule has 1 amide bonds. The topological polar surface area (TPSA) is 56.7 Å². The normalized spacial score (nSPS) is 15.2. The molecule has 1 fully saturated rings. The molecule has 0 atom stereocenters. The molecule has 0 unspecified atom stereocenters. The van der Waals surface area contributed by atoms with E-state index in [0.29, 0.717) is 36.2 Å². The summed E-state index contributed by atoms with van der Waals surface area (Å²) in [6.07, 6.45) is -0.868. The van der Waals surface area contributed by atoms with Crippen molar-refractivity contribution >= 4 is 45.8 Å². The lowest BCUT2D eigenvalue weighted by atomic mass is 10.2. The first kappa shape index (κ1) is 15.4. The van der Waals surface area contributed by atoms with Gasteiger partial charge in [0, 0.05) is 42.1 Å². The molecule has 2 aromatic rings. The molecule has 5 nitrogen and oxygen atoms in total. The smallest absolute Gasteiger partial charge is 0.407 e. The van der Waals surface area contributed by atoms with Gasteiger partial charge in [0.25, 0.3) is 0 Å². The fraction of sp³-hybridized carbons (Fsp3) is 0.286. The maximum Gasteiger partial charge on any atom is 0.407 e. The van der Waals surface area contributed by atoms with E-state index in [-0.39, 0.29) is 0 Å². The highest BCUT2D eigenvalue weighted by Crippen LogP contribution is 2.33. The van der Waals surface area contributed by atoms with Crippen LogP contribution in [-0.2, 0) is 0 Å². The van der Waals surface area contributed by atoms with Gasteiger partial charge < -0.3 is 14.9 Å². The van der Waals surface area contributed by atoms with Crippen LogP contribution < -0.4 is 4.90 Å². The second kappa shape index (κ2) is 6.32. The Morgan fingerprint density at radius 2 is 1.95 bits per heavy atom. The van der Waals surface area contributed by atoms with Gasteiger partial charge in [-0.2, -0.15) is 0 Å². The molecule has 3 rings (SSSR count). The van der Waals surface area contributed by atoms with Crippen molar-refractivity contribution in [2.75, 3.05) is 31.1 Å². The summed E-state index contributed by atoms with van der Waals surface area (Å²) in [6.45, 7) is 2.28. The molecule has 0 bridgehead atoms. The number of piperazine rings is 1. The van der Waals surface area contributed by atoms with E-state index < -0.39 is 6.09 Å². The maximum atomic E-state index is 10.9. The minimum absolute atomic E-state index is 0.492. The van der Waals surface area contributed by atoms with E-state index in [0.717, 1.165) is 16.4 Å². The van der Waals surface area contributed by atoms with Crippen molar-refractivity contribution < 1.29 is 9.90 Å². The first-order chi connectivity index (χ1) is 10.5. The number of thiazole rings is 1. The number of anilines is 1. The Hall–Kier alpha value is -1.50. The highest BCUT2D eigenvalue weighted by molar-refractivity contribution is 7.14. The number of rotatable bonds is 2. The van der Waals surface area contributed by atoms with E-state index in [1.165, 1.54) is 16.2 Å². The maximum absolute atomic E-state index is 10.9. The molecule has 1 saturated heterocycles. The van der Waals surface area contributed by atoms with Gasteiger partial charge in [-0.25, -0.2) is 9.78 Å². The number of benzene rings is 1. The molecular weight excluding hydrogens is 345 g/mol. The highest BCUT2D eigenvalue weighted by atomic mass is 35.5. The number of aromatic nitrogens is 1. The van der Waals surface area contributed by atoms with E-state index in [2.05, 4.69) is 9.88 Å². The van der Waals surface area contributed by atoms with E-state index in [4.69, 9.17) is 28.3 Å². The van der Waals surface area contributed by atoms with Crippen LogP contribution in [0.2, 0.25) is 10.0 Å². The minimum atomic E-state index is -0.868. The van der Waals surface area contributed by atoms with Gasteiger partial charge in [-0.1, -0.05) is 23.2 Å². The van der Waals surface area contributed by atoms with Crippen molar-refractivity contribution in [1.29, 1.82) is 0 Å². The van der Waals surface area contributed by atoms with Gasteiger partial charge in [0.2, 0.25) is 0 Å². The quantitative estimate of drug-likeness (QED) is 0.884. The summed E-state index contributed by atoms with van der Waals surface area (Å²) in [5.74, 6) is 0. The third-order valence-electron chi connectivity index (χ3n) is 3.52. The number of hydrogen-bond donors (Lipinski definition) is 1. The average molecular weight is 358 g/mol. The minimum Gasteiger partial charge on any atom is -0.465 e. The third-order valence-corrected chi connectivity index (χ3v) is 4.97. The monoisotopic (exact) mass is 357 g/mol. The van der Waals surface area contributed by atoms with Gasteiger partial charge in [0.15, 0.2) is 5.13 Å². The van der Waals surface area contributed by atoms with Crippen LogP contribution in [0.3, 0.4) is 0 Å². The fourth-order valence-corrected chi connectivity index (χ4v) is 3.70. The summed E-state index contributed by atoms with van der Waals surface area (Å²) in [4.78, 5) is 19.0. The predicted octanol–water partition coefficient (Wildman–Crippen LogP) is 3.92. The van der Waals surface area contributed by atoms with Crippen molar-refractivity contribution in [3.8, 4) is 11.3 Å². The lowest BCUT2D eigenvalue weighted by Crippen LogP contribution is -2.48. The summed E-state index contributed by atoms with van der Waals surface area (Å²) in [7, 11) is 0. The van der Waals surface area contributed by atoms with Crippen LogP contribution in [0, 0.1) is 0 Å². The van der Waals surface area contributed by atoms with Gasteiger partial charge in [0.1, 0.15) is 0 Å². The first-order valence-corrected chi connectivity index (χ1v) is 8.32. The second-order valence-electron chi connectivity index (χ2n) is 4.90. The Labute approximate surface area is 141 Å². The summed E-state index contributed by atoms with van der Waals surface area (Å²) < 4.78 is 0. The molecule has 0 saturated carbocycles. The van der Waals surface area contributed by atoms with Gasteiger partial charge in [0.05, 0.1) is 10.7 Å². The zero-order valence-electron chi connectivity index (χ0n) is 11.5. The Bertz CT molecular complexity index is 699. The molecule has 22 heavy (non-hydrogen) atoms. The first-order valence-electron chi connectivity index (χ1n) is 6.68. The number of hydrogen-bond acceptors (Lipinski definition) is 4. The van der Waals surface area contributed by atoms with E-state index in [9.17, 15) is 4.79 Å². The zero-order valence-corrected chi connectivity index (χ0v) is 13.8. The van der Waals surface area contributed by atoms with E-state index in [1.54, 1.807) is 12.1 Å². The lowest BCUT2D eigenvalue weighted by molar-refractivity contribution is 0.142. The van der Waals surface area contributed by atoms with E-state index in [1.807, 2.05) is 11.4 Å². The molecule has 0 radical (unpaired) electrons. The van der Waals surface area contributed by atoms with Crippen molar-refractivity contribution in [2.24, 2.45) is 0 Å².